The standard InChI is InChI=1S/C27H26N2O8S/c1-27(2,3)23(30)12-24-28(13-17-10-19(29(32)33)11-18-14-34-15-37-25(17)18)26(31)22(38-24)9-16-4-5-20-21(8-16)36-7-6-35-20/h4-5,8-12H,6-7,13-15H2,1-3H3/b22-9+,24-12+. The van der Waals surface area contributed by atoms with Crippen LogP contribution >= 0.6 is 11.3 Å². The van der Waals surface area contributed by atoms with Gasteiger partial charge in [0.05, 0.1) is 22.6 Å². The first kappa shape index (κ1) is 25.7. The molecule has 2 aromatic carbocycles. The van der Waals surface area contributed by atoms with Crippen molar-refractivity contribution in [2.45, 2.75) is 33.9 Å². The second-order valence-corrected chi connectivity index (χ2v) is 11.0. The number of non-ortho nitro benzene ring substituents is 1. The minimum Gasteiger partial charge on any atom is -0.486 e. The van der Waals surface area contributed by atoms with Gasteiger partial charge < -0.3 is 18.9 Å². The van der Waals surface area contributed by atoms with Crippen LogP contribution in [0.2, 0.25) is 0 Å². The van der Waals surface area contributed by atoms with E-state index < -0.39 is 10.3 Å². The molecule has 0 saturated heterocycles. The van der Waals surface area contributed by atoms with Crippen molar-refractivity contribution in [1.29, 1.82) is 0 Å². The van der Waals surface area contributed by atoms with Crippen LogP contribution in [0.15, 0.2) is 35.1 Å². The lowest BCUT2D eigenvalue weighted by atomic mass is 9.91. The Labute approximate surface area is 221 Å². The summed E-state index contributed by atoms with van der Waals surface area (Å²) in [5.74, 6) is 1.54. The number of ether oxygens (including phenoxy) is 4. The molecule has 0 spiro atoms. The maximum Gasteiger partial charge on any atom is 0.270 e. The molecule has 0 radical (unpaired) electrons. The van der Waals surface area contributed by atoms with E-state index in [4.69, 9.17) is 18.9 Å². The molecule has 38 heavy (non-hydrogen) atoms. The molecule has 3 aromatic rings. The summed E-state index contributed by atoms with van der Waals surface area (Å²) in [5.41, 5.74) is 0.613. The highest BCUT2D eigenvalue weighted by Gasteiger charge is 2.23. The van der Waals surface area contributed by atoms with E-state index in [2.05, 4.69) is 0 Å². The van der Waals surface area contributed by atoms with Gasteiger partial charge >= 0.3 is 0 Å². The number of nitro benzene ring substituents is 1. The molecule has 2 aliphatic heterocycles. The molecular formula is C27H26N2O8S. The van der Waals surface area contributed by atoms with E-state index in [-0.39, 0.29) is 37.0 Å². The fraction of sp³-hybridized carbons (Fsp3) is 0.333. The molecule has 0 N–H and O–H groups in total. The van der Waals surface area contributed by atoms with Gasteiger partial charge in [-0.25, -0.2) is 0 Å². The zero-order valence-corrected chi connectivity index (χ0v) is 22.0. The van der Waals surface area contributed by atoms with Crippen LogP contribution in [0, 0.1) is 15.5 Å². The third kappa shape index (κ3) is 5.20. The number of nitrogens with zero attached hydrogens (tertiary/aromatic N) is 2. The Morgan fingerprint density at radius 2 is 1.89 bits per heavy atom. The molecule has 3 heterocycles. The SMILES string of the molecule is CC(C)(C)C(=O)/C=c1/s/c(=C/c2ccc3c(c2)OCCO3)c(=O)n1Cc1cc([N+](=O)[O-])cc2c1OCOC2. The number of rotatable bonds is 5. The monoisotopic (exact) mass is 538 g/mol. The summed E-state index contributed by atoms with van der Waals surface area (Å²) in [6.45, 7) is 6.46. The summed E-state index contributed by atoms with van der Waals surface area (Å²) in [6.07, 6.45) is 3.19. The highest BCUT2D eigenvalue weighted by Crippen LogP contribution is 2.33. The molecule has 0 bridgehead atoms. The molecule has 0 saturated carbocycles. The number of nitro groups is 1. The van der Waals surface area contributed by atoms with Crippen LogP contribution in [0.5, 0.6) is 17.2 Å². The topological polar surface area (TPSA) is 119 Å². The van der Waals surface area contributed by atoms with E-state index >= 15 is 0 Å². The van der Waals surface area contributed by atoms with Gasteiger partial charge in [0.1, 0.15) is 23.6 Å². The first-order valence-electron chi connectivity index (χ1n) is 12.0. The summed E-state index contributed by atoms with van der Waals surface area (Å²) in [5, 5.41) is 11.6. The number of thiazole rings is 1. The average Bonchev–Trinajstić information content (AvgIpc) is 3.16. The van der Waals surface area contributed by atoms with E-state index in [1.165, 1.54) is 34.1 Å². The van der Waals surface area contributed by atoms with Gasteiger partial charge in [-0.2, -0.15) is 0 Å². The minimum absolute atomic E-state index is 0.000973. The lowest BCUT2D eigenvalue weighted by Gasteiger charge is -2.20. The van der Waals surface area contributed by atoms with Crippen LogP contribution in [0.4, 0.5) is 5.69 Å². The zero-order chi connectivity index (χ0) is 27.0. The normalized spacial score (nSPS) is 15.7. The highest BCUT2D eigenvalue weighted by molar-refractivity contribution is 7.07. The third-order valence-electron chi connectivity index (χ3n) is 6.11. The number of hydrogen-bond acceptors (Lipinski definition) is 9. The molecule has 0 atom stereocenters. The number of benzene rings is 2. The Morgan fingerprint density at radius 1 is 1.13 bits per heavy atom. The van der Waals surface area contributed by atoms with Gasteiger partial charge in [-0.05, 0) is 23.8 Å². The maximum atomic E-state index is 13.7. The van der Waals surface area contributed by atoms with E-state index in [1.807, 2.05) is 6.07 Å². The van der Waals surface area contributed by atoms with Crippen molar-refractivity contribution >= 4 is 35.0 Å². The van der Waals surface area contributed by atoms with Gasteiger partial charge in [0.25, 0.3) is 11.2 Å². The molecule has 198 valence electrons. The van der Waals surface area contributed by atoms with Crippen LogP contribution in [0.25, 0.3) is 12.2 Å². The summed E-state index contributed by atoms with van der Waals surface area (Å²) < 4.78 is 24.5. The van der Waals surface area contributed by atoms with Crippen molar-refractivity contribution in [3.63, 3.8) is 0 Å². The van der Waals surface area contributed by atoms with Crippen LogP contribution in [0.3, 0.4) is 0 Å². The summed E-state index contributed by atoms with van der Waals surface area (Å²) >= 11 is 1.18. The number of hydrogen-bond donors (Lipinski definition) is 0. The van der Waals surface area contributed by atoms with Gasteiger partial charge in [0, 0.05) is 34.8 Å². The summed E-state index contributed by atoms with van der Waals surface area (Å²) in [7, 11) is 0. The van der Waals surface area contributed by atoms with Gasteiger partial charge in [0.2, 0.25) is 0 Å². The van der Waals surface area contributed by atoms with E-state index in [9.17, 15) is 19.7 Å². The maximum absolute atomic E-state index is 13.7. The van der Waals surface area contributed by atoms with Crippen LogP contribution in [-0.4, -0.2) is 35.3 Å². The number of fused-ring (bicyclic) bond motifs is 2. The number of carbonyl (C=O) groups excluding carboxylic acids is 1. The fourth-order valence-corrected chi connectivity index (χ4v) is 5.14. The number of Topliss-reactive ketones (excluding diaryl/α,β-unsaturated/α-hetero) is 1. The van der Waals surface area contributed by atoms with Crippen molar-refractivity contribution in [3.8, 4) is 17.2 Å². The molecule has 0 unspecified atom stereocenters. The Hall–Kier alpha value is -3.96. The molecule has 2 aliphatic rings. The van der Waals surface area contributed by atoms with Crippen molar-refractivity contribution in [2.24, 2.45) is 5.41 Å². The van der Waals surface area contributed by atoms with Gasteiger partial charge in [-0.3, -0.25) is 24.3 Å². The Kier molecular flexibility index (Phi) is 6.80. The largest absolute Gasteiger partial charge is 0.486 e. The van der Waals surface area contributed by atoms with E-state index in [1.54, 1.807) is 39.0 Å². The average molecular weight is 539 g/mol. The van der Waals surface area contributed by atoms with Crippen LogP contribution in [-0.2, 0) is 22.7 Å². The Morgan fingerprint density at radius 3 is 2.63 bits per heavy atom. The minimum atomic E-state index is -0.657. The lowest BCUT2D eigenvalue weighted by Crippen LogP contribution is -2.33. The summed E-state index contributed by atoms with van der Waals surface area (Å²) in [4.78, 5) is 37.7. The van der Waals surface area contributed by atoms with Crippen molar-refractivity contribution < 1.29 is 28.7 Å². The molecule has 5 rings (SSSR count). The molecule has 11 heteroatoms. The van der Waals surface area contributed by atoms with Crippen LogP contribution in [0.1, 0.15) is 37.5 Å². The quantitative estimate of drug-likeness (QED) is 0.359. The number of ketones is 1. The van der Waals surface area contributed by atoms with Gasteiger partial charge in [-0.1, -0.05) is 26.8 Å². The van der Waals surface area contributed by atoms with Crippen LogP contribution < -0.4 is 29.0 Å². The molecule has 0 fully saturated rings. The second-order valence-electron chi connectivity index (χ2n) is 9.96. The van der Waals surface area contributed by atoms with Crippen molar-refractivity contribution in [2.75, 3.05) is 20.0 Å². The molecule has 0 amide bonds. The van der Waals surface area contributed by atoms with E-state index in [0.717, 1.165) is 5.56 Å². The first-order valence-corrected chi connectivity index (χ1v) is 12.8. The predicted molar refractivity (Wildman–Crippen MR) is 140 cm³/mol. The zero-order valence-electron chi connectivity index (χ0n) is 21.1. The number of carbonyl (C=O) groups is 1. The Balaban J connectivity index is 1.66. The third-order valence-corrected chi connectivity index (χ3v) is 7.16. The predicted octanol–water partition coefficient (Wildman–Crippen LogP) is 2.73. The highest BCUT2D eigenvalue weighted by atomic mass is 32.1. The fourth-order valence-electron chi connectivity index (χ4n) is 4.10. The molecule has 10 nitrogen and oxygen atoms in total. The lowest BCUT2D eigenvalue weighted by molar-refractivity contribution is -0.385. The summed E-state index contributed by atoms with van der Waals surface area (Å²) in [6, 6.07) is 8.22. The smallest absolute Gasteiger partial charge is 0.270 e. The first-order chi connectivity index (χ1) is 18.1. The molecule has 1 aromatic heterocycles. The number of aromatic nitrogens is 1. The van der Waals surface area contributed by atoms with E-state index in [0.29, 0.717) is 50.8 Å². The van der Waals surface area contributed by atoms with Gasteiger partial charge in [0.15, 0.2) is 24.1 Å². The molecule has 0 aliphatic carbocycles. The van der Waals surface area contributed by atoms with Gasteiger partial charge in [-0.15, -0.1) is 11.3 Å². The van der Waals surface area contributed by atoms with Crippen molar-refractivity contribution in [1.82, 2.24) is 4.57 Å². The van der Waals surface area contributed by atoms with Crippen molar-refractivity contribution in [3.05, 3.63) is 76.7 Å². The second kappa shape index (κ2) is 10.1. The Bertz CT molecular complexity index is 1610. The molecular weight excluding hydrogens is 512 g/mol.